The molecule has 0 saturated carbocycles. The lowest BCUT2D eigenvalue weighted by Gasteiger charge is -2.14. The highest BCUT2D eigenvalue weighted by atomic mass is 16.3. The van der Waals surface area contributed by atoms with E-state index in [9.17, 15) is 25.5 Å². The molecule has 2 aromatic carbocycles. The maximum Gasteiger partial charge on any atom is 0.122 e. The molecular formula is C19H22O5. The minimum absolute atomic E-state index is 0.00430. The van der Waals surface area contributed by atoms with Gasteiger partial charge in [0.25, 0.3) is 0 Å². The lowest BCUT2D eigenvalue weighted by atomic mass is 9.97. The van der Waals surface area contributed by atoms with Crippen LogP contribution in [0.2, 0.25) is 0 Å². The van der Waals surface area contributed by atoms with Crippen LogP contribution in [0.3, 0.4) is 0 Å². The topological polar surface area (TPSA) is 101 Å². The number of aliphatic hydroxyl groups excluding tert-OH is 1. The molecule has 1 atom stereocenters. The molecule has 0 saturated heterocycles. The number of phenolic OH excluding ortho intramolecular Hbond substituents is 4. The van der Waals surface area contributed by atoms with Gasteiger partial charge in [0.2, 0.25) is 0 Å². The van der Waals surface area contributed by atoms with E-state index >= 15 is 0 Å². The zero-order chi connectivity index (χ0) is 17.9. The number of hydrogen-bond donors (Lipinski definition) is 5. The molecule has 1 unspecified atom stereocenters. The standard InChI is InChI=1S/C19H22O5/c1-11(2)17(22)10-14-18(23)8-12(9-19(14)24)6-7-13-15(20)4-3-5-16(13)21/h3-5,8-9,17,20-24H,1,6-7,10H2,2H3. The average Bonchev–Trinajstić information content (AvgIpc) is 2.50. The SMILES string of the molecule is C=C(C)C(O)Cc1c(O)cc(CCc2c(O)cccc2O)cc1O. The quantitative estimate of drug-likeness (QED) is 0.524. The molecule has 0 aromatic heterocycles. The Balaban J connectivity index is 2.17. The predicted molar refractivity (Wildman–Crippen MR) is 91.5 cm³/mol. The second-order valence-corrected chi connectivity index (χ2v) is 5.95. The molecule has 0 amide bonds. The molecule has 24 heavy (non-hydrogen) atoms. The average molecular weight is 330 g/mol. The van der Waals surface area contributed by atoms with E-state index < -0.39 is 6.10 Å². The third-order valence-electron chi connectivity index (χ3n) is 4.02. The van der Waals surface area contributed by atoms with Crippen molar-refractivity contribution in [3.8, 4) is 23.0 Å². The summed E-state index contributed by atoms with van der Waals surface area (Å²) in [6.45, 7) is 5.32. The van der Waals surface area contributed by atoms with Crippen LogP contribution in [0.1, 0.15) is 23.6 Å². The first kappa shape index (κ1) is 17.7. The van der Waals surface area contributed by atoms with Crippen molar-refractivity contribution in [2.75, 3.05) is 0 Å². The number of phenols is 4. The Bertz CT molecular complexity index is 708. The Morgan fingerprint density at radius 1 is 0.917 bits per heavy atom. The molecule has 128 valence electrons. The van der Waals surface area contributed by atoms with Gasteiger partial charge < -0.3 is 25.5 Å². The fraction of sp³-hybridized carbons (Fsp3) is 0.263. The first-order chi connectivity index (χ1) is 11.3. The van der Waals surface area contributed by atoms with Crippen LogP contribution in [0.15, 0.2) is 42.5 Å². The minimum atomic E-state index is -0.842. The van der Waals surface area contributed by atoms with Gasteiger partial charge >= 0.3 is 0 Å². The molecule has 0 radical (unpaired) electrons. The van der Waals surface area contributed by atoms with Crippen LogP contribution in [-0.4, -0.2) is 31.6 Å². The lowest BCUT2D eigenvalue weighted by molar-refractivity contribution is 0.209. The van der Waals surface area contributed by atoms with Crippen molar-refractivity contribution in [1.29, 1.82) is 0 Å². The van der Waals surface area contributed by atoms with Crippen molar-refractivity contribution in [3.63, 3.8) is 0 Å². The second kappa shape index (κ2) is 7.27. The maximum absolute atomic E-state index is 10.1. The second-order valence-electron chi connectivity index (χ2n) is 5.95. The van der Waals surface area contributed by atoms with Crippen molar-refractivity contribution in [2.45, 2.75) is 32.3 Å². The van der Waals surface area contributed by atoms with Crippen molar-refractivity contribution in [3.05, 3.63) is 59.2 Å². The van der Waals surface area contributed by atoms with E-state index in [1.54, 1.807) is 13.0 Å². The van der Waals surface area contributed by atoms with Gasteiger partial charge in [-0.1, -0.05) is 18.2 Å². The van der Waals surface area contributed by atoms with E-state index in [1.165, 1.54) is 24.3 Å². The molecule has 0 bridgehead atoms. The molecule has 0 spiro atoms. The van der Waals surface area contributed by atoms with Crippen LogP contribution in [0.4, 0.5) is 0 Å². The maximum atomic E-state index is 10.1. The molecule has 5 N–H and O–H groups in total. The summed E-state index contributed by atoms with van der Waals surface area (Å²) in [5.41, 5.74) is 1.88. The first-order valence-electron chi connectivity index (χ1n) is 7.66. The Morgan fingerprint density at radius 2 is 1.46 bits per heavy atom. The fourth-order valence-electron chi connectivity index (χ4n) is 2.51. The van der Waals surface area contributed by atoms with Gasteiger partial charge in [-0.15, -0.1) is 0 Å². The van der Waals surface area contributed by atoms with Crippen molar-refractivity contribution in [1.82, 2.24) is 0 Å². The molecule has 0 heterocycles. The molecule has 2 rings (SSSR count). The van der Waals surface area contributed by atoms with E-state index in [1.807, 2.05) is 0 Å². The predicted octanol–water partition coefficient (Wildman–Crippen LogP) is 2.77. The summed E-state index contributed by atoms with van der Waals surface area (Å²) >= 11 is 0. The molecule has 0 aliphatic heterocycles. The summed E-state index contributed by atoms with van der Waals surface area (Å²) in [4.78, 5) is 0. The van der Waals surface area contributed by atoms with Crippen LogP contribution in [0.25, 0.3) is 0 Å². The molecule has 0 fully saturated rings. The number of aliphatic hydroxyl groups is 1. The number of aromatic hydroxyl groups is 4. The highest BCUT2D eigenvalue weighted by Gasteiger charge is 2.15. The summed E-state index contributed by atoms with van der Waals surface area (Å²) < 4.78 is 0. The molecule has 0 aliphatic carbocycles. The Morgan fingerprint density at radius 3 is 1.96 bits per heavy atom. The third kappa shape index (κ3) is 4.00. The number of benzene rings is 2. The largest absolute Gasteiger partial charge is 0.508 e. The number of hydrogen-bond acceptors (Lipinski definition) is 5. The smallest absolute Gasteiger partial charge is 0.122 e. The van der Waals surface area contributed by atoms with Gasteiger partial charge in [0, 0.05) is 17.5 Å². The van der Waals surface area contributed by atoms with E-state index in [2.05, 4.69) is 6.58 Å². The Hall–Kier alpha value is -2.66. The normalized spacial score (nSPS) is 12.1. The van der Waals surface area contributed by atoms with Crippen LogP contribution in [0, 0.1) is 0 Å². The van der Waals surface area contributed by atoms with Gasteiger partial charge in [-0.05, 0) is 49.6 Å². The molecule has 5 heteroatoms. The first-order valence-corrected chi connectivity index (χ1v) is 7.66. The molecule has 0 aliphatic rings. The summed E-state index contributed by atoms with van der Waals surface area (Å²) in [6, 6.07) is 7.56. The van der Waals surface area contributed by atoms with Crippen molar-refractivity contribution in [2.24, 2.45) is 0 Å². The summed E-state index contributed by atoms with van der Waals surface area (Å²) in [7, 11) is 0. The van der Waals surface area contributed by atoms with E-state index in [0.29, 0.717) is 29.5 Å². The van der Waals surface area contributed by atoms with E-state index in [-0.39, 0.29) is 35.0 Å². The Kier molecular flexibility index (Phi) is 5.36. The molecule has 5 nitrogen and oxygen atoms in total. The van der Waals surface area contributed by atoms with E-state index in [4.69, 9.17) is 0 Å². The summed E-state index contributed by atoms with van der Waals surface area (Å²) in [6.07, 6.45) is -0.000287. The van der Waals surface area contributed by atoms with Gasteiger partial charge in [0.05, 0.1) is 6.10 Å². The summed E-state index contributed by atoms with van der Waals surface area (Å²) in [5, 5.41) is 49.6. The number of rotatable bonds is 6. The van der Waals surface area contributed by atoms with Gasteiger partial charge in [0.1, 0.15) is 23.0 Å². The van der Waals surface area contributed by atoms with Gasteiger partial charge in [-0.3, -0.25) is 0 Å². The number of aryl methyl sites for hydroxylation is 1. The van der Waals surface area contributed by atoms with Crippen LogP contribution >= 0.6 is 0 Å². The van der Waals surface area contributed by atoms with Gasteiger partial charge in [0.15, 0.2) is 0 Å². The Labute approximate surface area is 140 Å². The van der Waals surface area contributed by atoms with Crippen LogP contribution < -0.4 is 0 Å². The zero-order valence-corrected chi connectivity index (χ0v) is 13.5. The van der Waals surface area contributed by atoms with Crippen molar-refractivity contribution >= 4 is 0 Å². The highest BCUT2D eigenvalue weighted by Crippen LogP contribution is 2.33. The monoisotopic (exact) mass is 330 g/mol. The van der Waals surface area contributed by atoms with E-state index in [0.717, 1.165) is 0 Å². The summed E-state index contributed by atoms with van der Waals surface area (Å²) in [5.74, 6) is -0.201. The van der Waals surface area contributed by atoms with Crippen LogP contribution in [0.5, 0.6) is 23.0 Å². The molecular weight excluding hydrogens is 308 g/mol. The zero-order valence-electron chi connectivity index (χ0n) is 13.5. The molecule has 2 aromatic rings. The van der Waals surface area contributed by atoms with Gasteiger partial charge in [-0.25, -0.2) is 0 Å². The minimum Gasteiger partial charge on any atom is -0.508 e. The van der Waals surface area contributed by atoms with Gasteiger partial charge in [-0.2, -0.15) is 0 Å². The fourth-order valence-corrected chi connectivity index (χ4v) is 2.51. The van der Waals surface area contributed by atoms with Crippen LogP contribution in [-0.2, 0) is 19.3 Å². The third-order valence-corrected chi connectivity index (χ3v) is 4.02. The van der Waals surface area contributed by atoms with Crippen molar-refractivity contribution < 1.29 is 25.5 Å². The lowest BCUT2D eigenvalue weighted by Crippen LogP contribution is -2.11. The highest BCUT2D eigenvalue weighted by molar-refractivity contribution is 5.48.